The summed E-state index contributed by atoms with van der Waals surface area (Å²) in [6.07, 6.45) is 3.47. The molecular weight excluding hydrogens is 262 g/mol. The van der Waals surface area contributed by atoms with Crippen LogP contribution in [-0.2, 0) is 6.42 Å². The Kier molecular flexibility index (Phi) is 4.97. The molecule has 0 radical (unpaired) electrons. The minimum absolute atomic E-state index is 0.0959. The van der Waals surface area contributed by atoms with Crippen molar-refractivity contribution in [3.8, 4) is 5.75 Å². The summed E-state index contributed by atoms with van der Waals surface area (Å²) in [5, 5.41) is 10.4. The van der Waals surface area contributed by atoms with E-state index in [1.165, 1.54) is 11.1 Å². The first-order valence-electron chi connectivity index (χ1n) is 7.31. The number of ether oxygens (including phenoxy) is 1. The van der Waals surface area contributed by atoms with Gasteiger partial charge < -0.3 is 9.84 Å². The van der Waals surface area contributed by atoms with Crippen molar-refractivity contribution in [2.45, 2.75) is 46.3 Å². The summed E-state index contributed by atoms with van der Waals surface area (Å²) >= 11 is 0. The minimum Gasteiger partial charge on any atom is -0.489 e. The summed E-state index contributed by atoms with van der Waals surface area (Å²) in [5.41, 5.74) is 4.35. The number of aryl methyl sites for hydroxylation is 2. The van der Waals surface area contributed by atoms with Crippen molar-refractivity contribution in [2.75, 3.05) is 0 Å². The van der Waals surface area contributed by atoms with Crippen molar-refractivity contribution in [2.24, 2.45) is 0 Å². The highest BCUT2D eigenvalue weighted by atomic mass is 16.5. The van der Waals surface area contributed by atoms with Crippen LogP contribution in [0, 0.1) is 13.8 Å². The van der Waals surface area contributed by atoms with Crippen LogP contribution in [0.5, 0.6) is 5.75 Å². The van der Waals surface area contributed by atoms with Crippen molar-refractivity contribution in [3.05, 3.63) is 58.9 Å². The molecule has 0 fully saturated rings. The van der Waals surface area contributed by atoms with Crippen molar-refractivity contribution in [3.63, 3.8) is 0 Å². The summed E-state index contributed by atoms with van der Waals surface area (Å²) in [6, 6.07) is 8.21. The van der Waals surface area contributed by atoms with Crippen LogP contribution in [-0.4, -0.2) is 16.2 Å². The Labute approximate surface area is 126 Å². The van der Waals surface area contributed by atoms with E-state index < -0.39 is 6.10 Å². The van der Waals surface area contributed by atoms with Gasteiger partial charge in [0.05, 0.1) is 18.4 Å². The maximum Gasteiger partial charge on any atom is 0.138 e. The molecule has 0 aliphatic carbocycles. The number of nitrogens with zero attached hydrogens (tertiary/aromatic N) is 1. The molecule has 1 atom stereocenters. The van der Waals surface area contributed by atoms with E-state index in [1.54, 1.807) is 12.4 Å². The standard InChI is InChI=1S/C18H23NO2/c1-12(2)21-17-9-16(10-19-11-17)18(20)8-15-6-13(3)5-14(4)7-15/h5-7,9-12,18,20H,8H2,1-4H3. The second-order valence-electron chi connectivity index (χ2n) is 5.84. The van der Waals surface area contributed by atoms with Gasteiger partial charge in [-0.05, 0) is 39.3 Å². The molecule has 1 aromatic carbocycles. The molecule has 0 aliphatic rings. The fourth-order valence-corrected chi connectivity index (χ4v) is 2.48. The molecule has 3 heteroatoms. The van der Waals surface area contributed by atoms with Crippen LogP contribution in [0.3, 0.4) is 0 Å². The summed E-state index contributed by atoms with van der Waals surface area (Å²) in [4.78, 5) is 4.15. The molecule has 1 aromatic heterocycles. The lowest BCUT2D eigenvalue weighted by atomic mass is 9.99. The van der Waals surface area contributed by atoms with Gasteiger partial charge >= 0.3 is 0 Å². The topological polar surface area (TPSA) is 42.4 Å². The number of hydrogen-bond acceptors (Lipinski definition) is 3. The molecular formula is C18H23NO2. The van der Waals surface area contributed by atoms with Crippen LogP contribution in [0.15, 0.2) is 36.7 Å². The van der Waals surface area contributed by atoms with Gasteiger partial charge in [0.25, 0.3) is 0 Å². The van der Waals surface area contributed by atoms with Gasteiger partial charge in [0.15, 0.2) is 0 Å². The molecule has 1 unspecified atom stereocenters. The van der Waals surface area contributed by atoms with E-state index >= 15 is 0 Å². The average Bonchev–Trinajstić information content (AvgIpc) is 2.36. The average molecular weight is 285 g/mol. The van der Waals surface area contributed by atoms with E-state index in [-0.39, 0.29) is 6.10 Å². The fourth-order valence-electron chi connectivity index (χ4n) is 2.48. The molecule has 3 nitrogen and oxygen atoms in total. The number of aliphatic hydroxyl groups is 1. The number of benzene rings is 1. The van der Waals surface area contributed by atoms with E-state index in [1.807, 2.05) is 19.9 Å². The molecule has 0 spiro atoms. The quantitative estimate of drug-likeness (QED) is 0.909. The Balaban J connectivity index is 2.14. The number of aromatic nitrogens is 1. The van der Waals surface area contributed by atoms with Crippen molar-refractivity contribution < 1.29 is 9.84 Å². The monoisotopic (exact) mass is 285 g/mol. The summed E-state index contributed by atoms with van der Waals surface area (Å²) in [5.74, 6) is 0.696. The summed E-state index contributed by atoms with van der Waals surface area (Å²) < 4.78 is 5.62. The largest absolute Gasteiger partial charge is 0.489 e. The maximum atomic E-state index is 10.4. The molecule has 21 heavy (non-hydrogen) atoms. The predicted molar refractivity (Wildman–Crippen MR) is 84.6 cm³/mol. The Hall–Kier alpha value is -1.87. The molecule has 1 heterocycles. The Morgan fingerprint density at radius 1 is 1.05 bits per heavy atom. The molecule has 0 aliphatic heterocycles. The lowest BCUT2D eigenvalue weighted by Gasteiger charge is -2.14. The molecule has 0 saturated heterocycles. The highest BCUT2D eigenvalue weighted by Crippen LogP contribution is 2.23. The van der Waals surface area contributed by atoms with Gasteiger partial charge in [-0.25, -0.2) is 0 Å². The van der Waals surface area contributed by atoms with Crippen LogP contribution < -0.4 is 4.74 Å². The lowest BCUT2D eigenvalue weighted by molar-refractivity contribution is 0.176. The molecule has 112 valence electrons. The first kappa shape index (κ1) is 15.5. The molecule has 0 bridgehead atoms. The number of hydrogen-bond donors (Lipinski definition) is 1. The minimum atomic E-state index is -0.575. The summed E-state index contributed by atoms with van der Waals surface area (Å²) in [6.45, 7) is 8.08. The first-order valence-corrected chi connectivity index (χ1v) is 7.31. The first-order chi connectivity index (χ1) is 9.94. The third-order valence-corrected chi connectivity index (χ3v) is 3.20. The number of pyridine rings is 1. The highest BCUT2D eigenvalue weighted by molar-refractivity contribution is 5.31. The molecule has 0 saturated carbocycles. The maximum absolute atomic E-state index is 10.4. The van der Waals surface area contributed by atoms with Crippen LogP contribution in [0.25, 0.3) is 0 Å². The Morgan fingerprint density at radius 3 is 2.33 bits per heavy atom. The van der Waals surface area contributed by atoms with Crippen LogP contribution in [0.2, 0.25) is 0 Å². The van der Waals surface area contributed by atoms with E-state index in [9.17, 15) is 5.11 Å². The molecule has 1 N–H and O–H groups in total. The molecule has 2 rings (SSSR count). The smallest absolute Gasteiger partial charge is 0.138 e. The van der Waals surface area contributed by atoms with E-state index in [0.29, 0.717) is 12.2 Å². The van der Waals surface area contributed by atoms with E-state index in [0.717, 1.165) is 11.1 Å². The third kappa shape index (κ3) is 4.57. The van der Waals surface area contributed by atoms with Gasteiger partial charge in [-0.1, -0.05) is 29.3 Å². The van der Waals surface area contributed by atoms with E-state index in [2.05, 4.69) is 37.0 Å². The zero-order valence-corrected chi connectivity index (χ0v) is 13.1. The number of rotatable bonds is 5. The third-order valence-electron chi connectivity index (χ3n) is 3.20. The number of aliphatic hydroxyl groups excluding tert-OH is 1. The Bertz CT molecular complexity index is 588. The molecule has 2 aromatic rings. The van der Waals surface area contributed by atoms with E-state index in [4.69, 9.17) is 4.74 Å². The van der Waals surface area contributed by atoms with Gasteiger partial charge in [0.1, 0.15) is 5.75 Å². The predicted octanol–water partition coefficient (Wildman–Crippen LogP) is 3.76. The van der Waals surface area contributed by atoms with Gasteiger partial charge in [-0.3, -0.25) is 4.98 Å². The molecule has 0 amide bonds. The van der Waals surface area contributed by atoms with Crippen molar-refractivity contribution >= 4 is 0 Å². The Morgan fingerprint density at radius 2 is 1.71 bits per heavy atom. The fraction of sp³-hybridized carbons (Fsp3) is 0.389. The van der Waals surface area contributed by atoms with Gasteiger partial charge in [0.2, 0.25) is 0 Å². The SMILES string of the molecule is Cc1cc(C)cc(CC(O)c2cncc(OC(C)C)c2)c1. The van der Waals surface area contributed by atoms with Gasteiger partial charge in [-0.15, -0.1) is 0 Å². The van der Waals surface area contributed by atoms with Crippen LogP contribution in [0.1, 0.15) is 42.2 Å². The van der Waals surface area contributed by atoms with Crippen molar-refractivity contribution in [1.29, 1.82) is 0 Å². The summed E-state index contributed by atoms with van der Waals surface area (Å²) in [7, 11) is 0. The van der Waals surface area contributed by atoms with Crippen LogP contribution in [0.4, 0.5) is 0 Å². The van der Waals surface area contributed by atoms with Gasteiger partial charge in [-0.2, -0.15) is 0 Å². The zero-order valence-electron chi connectivity index (χ0n) is 13.1. The normalized spacial score (nSPS) is 12.5. The highest BCUT2D eigenvalue weighted by Gasteiger charge is 2.11. The van der Waals surface area contributed by atoms with Crippen LogP contribution >= 0.6 is 0 Å². The lowest BCUT2D eigenvalue weighted by Crippen LogP contribution is -2.08. The van der Waals surface area contributed by atoms with Gasteiger partial charge in [0, 0.05) is 18.2 Å². The zero-order chi connectivity index (χ0) is 15.4. The second kappa shape index (κ2) is 6.72. The second-order valence-corrected chi connectivity index (χ2v) is 5.84. The van der Waals surface area contributed by atoms with Crippen molar-refractivity contribution in [1.82, 2.24) is 4.98 Å².